The first-order chi connectivity index (χ1) is 10.6. The average molecular weight is 297 g/mol. The Hall–Kier alpha value is -2.49. The molecule has 0 bridgehead atoms. The van der Waals surface area contributed by atoms with Gasteiger partial charge >= 0.3 is 0 Å². The fraction of sp³-hybridized carbons (Fsp3) is 0.222. The van der Waals surface area contributed by atoms with E-state index in [2.05, 4.69) is 5.32 Å². The standard InChI is InChI=1S/C18H16FNO2/c1-11-5-4-8-15-17(11)16(21)10-13(18(22)20-15)9-12-6-2-3-7-14(12)19/h2-8,13H,9-10H2,1H3,(H,20,22)/t13-/m1/s1. The van der Waals surface area contributed by atoms with Crippen molar-refractivity contribution in [3.8, 4) is 0 Å². The van der Waals surface area contributed by atoms with Crippen molar-refractivity contribution in [2.45, 2.75) is 19.8 Å². The number of halogens is 1. The Labute approximate surface area is 128 Å². The molecule has 1 aliphatic heterocycles. The third-order valence-electron chi connectivity index (χ3n) is 4.04. The molecule has 0 fully saturated rings. The van der Waals surface area contributed by atoms with E-state index in [9.17, 15) is 14.0 Å². The molecule has 4 heteroatoms. The van der Waals surface area contributed by atoms with Crippen LogP contribution in [0.15, 0.2) is 42.5 Å². The molecule has 22 heavy (non-hydrogen) atoms. The largest absolute Gasteiger partial charge is 0.325 e. The van der Waals surface area contributed by atoms with Crippen LogP contribution in [0.3, 0.4) is 0 Å². The third kappa shape index (κ3) is 2.64. The summed E-state index contributed by atoms with van der Waals surface area (Å²) >= 11 is 0. The topological polar surface area (TPSA) is 46.2 Å². The van der Waals surface area contributed by atoms with Crippen LogP contribution >= 0.6 is 0 Å². The molecule has 0 saturated heterocycles. The maximum atomic E-state index is 13.8. The van der Waals surface area contributed by atoms with Gasteiger partial charge in [0.15, 0.2) is 5.78 Å². The number of anilines is 1. The predicted molar refractivity (Wildman–Crippen MR) is 82.4 cm³/mol. The SMILES string of the molecule is Cc1cccc2c1C(=O)C[C@@H](Cc1ccccc1F)C(=O)N2. The molecule has 112 valence electrons. The fourth-order valence-electron chi connectivity index (χ4n) is 2.89. The summed E-state index contributed by atoms with van der Waals surface area (Å²) in [7, 11) is 0. The molecule has 3 rings (SSSR count). The molecule has 3 nitrogen and oxygen atoms in total. The van der Waals surface area contributed by atoms with Gasteiger partial charge in [-0.15, -0.1) is 0 Å². The van der Waals surface area contributed by atoms with Crippen LogP contribution in [0.2, 0.25) is 0 Å². The van der Waals surface area contributed by atoms with Gasteiger partial charge in [-0.25, -0.2) is 4.39 Å². The van der Waals surface area contributed by atoms with E-state index < -0.39 is 5.92 Å². The number of Topliss-reactive ketones (excluding diaryl/α,β-unsaturated/α-hetero) is 1. The van der Waals surface area contributed by atoms with Crippen molar-refractivity contribution in [3.63, 3.8) is 0 Å². The molecule has 0 aromatic heterocycles. The van der Waals surface area contributed by atoms with E-state index in [4.69, 9.17) is 0 Å². The second kappa shape index (κ2) is 5.72. The van der Waals surface area contributed by atoms with E-state index in [1.807, 2.05) is 13.0 Å². The van der Waals surface area contributed by atoms with Gasteiger partial charge in [0.2, 0.25) is 5.91 Å². The number of fused-ring (bicyclic) bond motifs is 1. The Morgan fingerprint density at radius 2 is 1.91 bits per heavy atom. The van der Waals surface area contributed by atoms with Gasteiger partial charge in [-0.1, -0.05) is 30.3 Å². The minimum absolute atomic E-state index is 0.0761. The second-order valence-electron chi connectivity index (χ2n) is 5.61. The summed E-state index contributed by atoms with van der Waals surface area (Å²) in [4.78, 5) is 24.8. The van der Waals surface area contributed by atoms with E-state index in [0.717, 1.165) is 5.56 Å². The van der Waals surface area contributed by atoms with Gasteiger partial charge in [0.05, 0.1) is 5.69 Å². The Morgan fingerprint density at radius 3 is 2.68 bits per heavy atom. The Balaban J connectivity index is 1.91. The molecule has 0 radical (unpaired) electrons. The maximum Gasteiger partial charge on any atom is 0.228 e. The number of carbonyl (C=O) groups is 2. The summed E-state index contributed by atoms with van der Waals surface area (Å²) in [6.07, 6.45) is 0.315. The predicted octanol–water partition coefficient (Wildman–Crippen LogP) is 3.52. The first-order valence-corrected chi connectivity index (χ1v) is 7.23. The maximum absolute atomic E-state index is 13.8. The number of carbonyl (C=O) groups excluding carboxylic acids is 2. The number of aryl methyl sites for hydroxylation is 1. The molecule has 1 amide bonds. The highest BCUT2D eigenvalue weighted by atomic mass is 19.1. The van der Waals surface area contributed by atoms with Crippen molar-refractivity contribution in [1.29, 1.82) is 0 Å². The average Bonchev–Trinajstić information content (AvgIpc) is 2.59. The summed E-state index contributed by atoms with van der Waals surface area (Å²) in [6.45, 7) is 1.85. The highest BCUT2D eigenvalue weighted by molar-refractivity contribution is 6.10. The second-order valence-corrected chi connectivity index (χ2v) is 5.61. The van der Waals surface area contributed by atoms with E-state index in [-0.39, 0.29) is 30.3 Å². The molecular weight excluding hydrogens is 281 g/mol. The Morgan fingerprint density at radius 1 is 1.14 bits per heavy atom. The number of nitrogens with one attached hydrogen (secondary N) is 1. The molecule has 0 unspecified atom stereocenters. The van der Waals surface area contributed by atoms with Crippen LogP contribution in [0.25, 0.3) is 0 Å². The van der Waals surface area contributed by atoms with E-state index in [1.54, 1.807) is 30.3 Å². The zero-order chi connectivity index (χ0) is 15.7. The lowest BCUT2D eigenvalue weighted by molar-refractivity contribution is -0.119. The van der Waals surface area contributed by atoms with Gasteiger partial charge in [0.1, 0.15) is 5.82 Å². The van der Waals surface area contributed by atoms with Crippen LogP contribution in [0.4, 0.5) is 10.1 Å². The van der Waals surface area contributed by atoms with Crippen LogP contribution < -0.4 is 5.32 Å². The van der Waals surface area contributed by atoms with Crippen molar-refractivity contribution >= 4 is 17.4 Å². The lowest BCUT2D eigenvalue weighted by Gasteiger charge is -2.13. The smallest absolute Gasteiger partial charge is 0.228 e. The zero-order valence-electron chi connectivity index (χ0n) is 12.2. The van der Waals surface area contributed by atoms with Gasteiger partial charge in [-0.3, -0.25) is 9.59 Å². The van der Waals surface area contributed by atoms with Crippen LogP contribution in [-0.2, 0) is 11.2 Å². The molecule has 1 N–H and O–H groups in total. The van der Waals surface area contributed by atoms with Crippen molar-refractivity contribution in [1.82, 2.24) is 0 Å². The number of ketones is 1. The fourth-order valence-corrected chi connectivity index (χ4v) is 2.89. The summed E-state index contributed by atoms with van der Waals surface area (Å²) < 4.78 is 13.8. The molecular formula is C18H16FNO2. The molecule has 2 aromatic rings. The van der Waals surface area contributed by atoms with Crippen LogP contribution in [0.5, 0.6) is 0 Å². The highest BCUT2D eigenvalue weighted by Gasteiger charge is 2.30. The van der Waals surface area contributed by atoms with Crippen LogP contribution in [-0.4, -0.2) is 11.7 Å². The van der Waals surface area contributed by atoms with E-state index in [0.29, 0.717) is 16.8 Å². The summed E-state index contributed by atoms with van der Waals surface area (Å²) in [5, 5.41) is 2.80. The molecule has 1 aliphatic rings. The summed E-state index contributed by atoms with van der Waals surface area (Å²) in [5.74, 6) is -1.22. The number of hydrogen-bond donors (Lipinski definition) is 1. The number of amides is 1. The van der Waals surface area contributed by atoms with Gasteiger partial charge in [0.25, 0.3) is 0 Å². The molecule has 0 aliphatic carbocycles. The van der Waals surface area contributed by atoms with Crippen LogP contribution in [0, 0.1) is 18.7 Å². The lowest BCUT2D eigenvalue weighted by atomic mass is 9.91. The summed E-state index contributed by atoms with van der Waals surface area (Å²) in [6, 6.07) is 11.7. The van der Waals surface area contributed by atoms with Gasteiger partial charge in [-0.2, -0.15) is 0 Å². The molecule has 1 heterocycles. The van der Waals surface area contributed by atoms with Crippen molar-refractivity contribution < 1.29 is 14.0 Å². The van der Waals surface area contributed by atoms with Crippen LogP contribution in [0.1, 0.15) is 27.9 Å². The van der Waals surface area contributed by atoms with Gasteiger partial charge in [-0.05, 0) is 36.6 Å². The van der Waals surface area contributed by atoms with E-state index in [1.165, 1.54) is 6.07 Å². The van der Waals surface area contributed by atoms with Gasteiger partial charge < -0.3 is 5.32 Å². The number of benzene rings is 2. The summed E-state index contributed by atoms with van der Waals surface area (Å²) in [5.41, 5.74) is 2.41. The minimum atomic E-state index is -0.559. The van der Waals surface area contributed by atoms with Gasteiger partial charge in [0, 0.05) is 17.9 Å². The quantitative estimate of drug-likeness (QED) is 0.922. The highest BCUT2D eigenvalue weighted by Crippen LogP contribution is 2.29. The van der Waals surface area contributed by atoms with Crippen molar-refractivity contribution in [2.75, 3.05) is 5.32 Å². The molecule has 2 aromatic carbocycles. The first kappa shape index (κ1) is 14.4. The van der Waals surface area contributed by atoms with E-state index >= 15 is 0 Å². The lowest BCUT2D eigenvalue weighted by Crippen LogP contribution is -2.24. The monoisotopic (exact) mass is 297 g/mol. The Bertz CT molecular complexity index is 755. The Kier molecular flexibility index (Phi) is 3.75. The first-order valence-electron chi connectivity index (χ1n) is 7.23. The molecule has 1 atom stereocenters. The minimum Gasteiger partial charge on any atom is -0.325 e. The third-order valence-corrected chi connectivity index (χ3v) is 4.04. The van der Waals surface area contributed by atoms with Crippen molar-refractivity contribution in [2.24, 2.45) is 5.92 Å². The zero-order valence-corrected chi connectivity index (χ0v) is 12.2. The number of hydrogen-bond acceptors (Lipinski definition) is 2. The molecule has 0 spiro atoms. The van der Waals surface area contributed by atoms with Crippen molar-refractivity contribution in [3.05, 3.63) is 65.0 Å². The number of rotatable bonds is 2. The normalized spacial score (nSPS) is 17.6. The molecule has 0 saturated carbocycles.